The fourth-order valence-corrected chi connectivity index (χ4v) is 2.49. The number of benzene rings is 1. The summed E-state index contributed by atoms with van der Waals surface area (Å²) in [5.41, 5.74) is 1.81. The van der Waals surface area contributed by atoms with Crippen molar-refractivity contribution in [3.05, 3.63) is 63.5 Å². The van der Waals surface area contributed by atoms with Crippen molar-refractivity contribution in [2.45, 2.75) is 19.9 Å². The summed E-state index contributed by atoms with van der Waals surface area (Å²) in [6.07, 6.45) is 1.21. The van der Waals surface area contributed by atoms with Crippen LogP contribution in [0.3, 0.4) is 0 Å². The van der Waals surface area contributed by atoms with E-state index in [0.717, 1.165) is 17.2 Å². The van der Waals surface area contributed by atoms with Gasteiger partial charge in [0.2, 0.25) is 0 Å². The summed E-state index contributed by atoms with van der Waals surface area (Å²) >= 11 is 0. The van der Waals surface area contributed by atoms with Gasteiger partial charge >= 0.3 is 5.97 Å². The lowest BCUT2D eigenvalue weighted by Gasteiger charge is -2.16. The Morgan fingerprint density at radius 3 is 2.64 bits per heavy atom. The summed E-state index contributed by atoms with van der Waals surface area (Å²) in [6, 6.07) is 8.52. The fourth-order valence-electron chi connectivity index (χ4n) is 2.49. The van der Waals surface area contributed by atoms with E-state index in [1.807, 2.05) is 38.1 Å². The quantitative estimate of drug-likeness (QED) is 0.491. The van der Waals surface area contributed by atoms with Gasteiger partial charge in [-0.25, -0.2) is 4.79 Å². The smallest absolute Gasteiger partial charge is 0.355 e. The molecular weight excluding hydrogens is 326 g/mol. The summed E-state index contributed by atoms with van der Waals surface area (Å²) < 4.78 is 6.22. The van der Waals surface area contributed by atoms with Gasteiger partial charge in [0.05, 0.1) is 17.2 Å². The molecule has 0 aliphatic carbocycles. The van der Waals surface area contributed by atoms with Crippen LogP contribution >= 0.6 is 0 Å². The number of carbonyl (C=O) groups excluding carboxylic acids is 2. The number of ether oxygens (including phenoxy) is 1. The summed E-state index contributed by atoms with van der Waals surface area (Å²) in [5, 5.41) is 13.5. The molecule has 2 rings (SSSR count). The van der Waals surface area contributed by atoms with E-state index >= 15 is 0 Å². The molecule has 1 aromatic heterocycles. The molecule has 1 unspecified atom stereocenters. The van der Waals surface area contributed by atoms with Crippen molar-refractivity contribution in [3.63, 3.8) is 0 Å². The molecule has 0 fully saturated rings. The zero-order valence-corrected chi connectivity index (χ0v) is 14.2. The molecule has 0 radical (unpaired) electrons. The number of rotatable bonds is 6. The Kier molecular flexibility index (Phi) is 5.53. The zero-order chi connectivity index (χ0) is 18.6. The van der Waals surface area contributed by atoms with Crippen molar-refractivity contribution in [3.8, 4) is 0 Å². The number of aryl methyl sites for hydroxylation is 2. The van der Waals surface area contributed by atoms with Crippen LogP contribution in [0.5, 0.6) is 0 Å². The summed E-state index contributed by atoms with van der Waals surface area (Å²) in [5.74, 6) is -1.25. The molecule has 8 heteroatoms. The topological polar surface area (TPSA) is 103 Å². The summed E-state index contributed by atoms with van der Waals surface area (Å²) in [4.78, 5) is 34.0. The van der Waals surface area contributed by atoms with Gasteiger partial charge in [0.25, 0.3) is 11.6 Å². The van der Waals surface area contributed by atoms with Gasteiger partial charge in [-0.3, -0.25) is 14.9 Å². The molecule has 0 spiro atoms. The van der Waals surface area contributed by atoms with Crippen molar-refractivity contribution in [2.75, 3.05) is 6.61 Å². The molecule has 132 valence electrons. The number of aromatic nitrogens is 1. The van der Waals surface area contributed by atoms with E-state index < -0.39 is 23.4 Å². The number of hydrogen-bond acceptors (Lipinski definition) is 5. The van der Waals surface area contributed by atoms with Crippen molar-refractivity contribution in [1.82, 2.24) is 9.88 Å². The monoisotopic (exact) mass is 345 g/mol. The van der Waals surface area contributed by atoms with E-state index in [9.17, 15) is 19.7 Å². The molecule has 0 aliphatic rings. The maximum absolute atomic E-state index is 12.0. The van der Waals surface area contributed by atoms with Gasteiger partial charge in [0.15, 0.2) is 6.61 Å². The number of carbonyl (C=O) groups is 2. The number of nitrogens with zero attached hydrogens (tertiary/aromatic N) is 2. The molecule has 1 amide bonds. The minimum Gasteiger partial charge on any atom is -0.451 e. The van der Waals surface area contributed by atoms with Gasteiger partial charge in [-0.2, -0.15) is 0 Å². The van der Waals surface area contributed by atoms with Crippen LogP contribution in [0.2, 0.25) is 0 Å². The van der Waals surface area contributed by atoms with E-state index in [1.54, 1.807) is 0 Å². The minimum absolute atomic E-state index is 0.00597. The second kappa shape index (κ2) is 7.61. The predicted octanol–water partition coefficient (Wildman–Crippen LogP) is 2.28. The third-order valence-electron chi connectivity index (χ3n) is 3.78. The first-order valence-electron chi connectivity index (χ1n) is 7.62. The van der Waals surface area contributed by atoms with Crippen LogP contribution in [-0.4, -0.2) is 28.0 Å². The standard InChI is InChI=1S/C17H19N3O5/c1-11-6-4-5-7-14(11)12(2)18-16(21)10-25-17(22)15-8-13(20(23)24)9-19(15)3/h4-9,12H,10H2,1-3H3,(H,18,21). The summed E-state index contributed by atoms with van der Waals surface area (Å²) in [6.45, 7) is 3.32. The Hall–Kier alpha value is -3.16. The highest BCUT2D eigenvalue weighted by molar-refractivity contribution is 5.90. The molecule has 2 aromatic rings. The lowest BCUT2D eigenvalue weighted by Crippen LogP contribution is -2.31. The molecule has 0 saturated carbocycles. The van der Waals surface area contributed by atoms with Gasteiger partial charge in [-0.05, 0) is 25.0 Å². The van der Waals surface area contributed by atoms with Crippen molar-refractivity contribution >= 4 is 17.6 Å². The van der Waals surface area contributed by atoms with Crippen molar-refractivity contribution in [2.24, 2.45) is 7.05 Å². The molecule has 8 nitrogen and oxygen atoms in total. The lowest BCUT2D eigenvalue weighted by molar-refractivity contribution is -0.384. The van der Waals surface area contributed by atoms with E-state index in [2.05, 4.69) is 5.32 Å². The van der Waals surface area contributed by atoms with Gasteiger partial charge in [0.1, 0.15) is 5.69 Å². The first-order valence-corrected chi connectivity index (χ1v) is 7.62. The molecule has 1 N–H and O–H groups in total. The number of nitro groups is 1. The SMILES string of the molecule is Cc1ccccc1C(C)NC(=O)COC(=O)c1cc([N+](=O)[O-])cn1C. The zero-order valence-electron chi connectivity index (χ0n) is 14.2. The Balaban J connectivity index is 1.92. The lowest BCUT2D eigenvalue weighted by atomic mass is 10.0. The van der Waals surface area contributed by atoms with Crippen LogP contribution in [0, 0.1) is 17.0 Å². The second-order valence-electron chi connectivity index (χ2n) is 5.67. The molecule has 25 heavy (non-hydrogen) atoms. The van der Waals surface area contributed by atoms with Crippen LogP contribution in [0.4, 0.5) is 5.69 Å². The average Bonchev–Trinajstić information content (AvgIpc) is 2.95. The van der Waals surface area contributed by atoms with Crippen LogP contribution in [0.15, 0.2) is 36.5 Å². The Morgan fingerprint density at radius 2 is 2.04 bits per heavy atom. The highest BCUT2D eigenvalue weighted by Crippen LogP contribution is 2.17. The number of hydrogen-bond donors (Lipinski definition) is 1. The third kappa shape index (κ3) is 4.43. The maximum Gasteiger partial charge on any atom is 0.355 e. The van der Waals surface area contributed by atoms with Crippen molar-refractivity contribution < 1.29 is 19.2 Å². The van der Waals surface area contributed by atoms with Crippen LogP contribution < -0.4 is 5.32 Å². The predicted molar refractivity (Wildman–Crippen MR) is 90.1 cm³/mol. The highest BCUT2D eigenvalue weighted by atomic mass is 16.6. The Morgan fingerprint density at radius 1 is 1.36 bits per heavy atom. The van der Waals surface area contributed by atoms with Gasteiger partial charge in [-0.1, -0.05) is 24.3 Å². The first-order chi connectivity index (χ1) is 11.8. The molecule has 0 aliphatic heterocycles. The third-order valence-corrected chi connectivity index (χ3v) is 3.78. The second-order valence-corrected chi connectivity index (χ2v) is 5.67. The molecule has 0 saturated heterocycles. The van der Waals surface area contributed by atoms with Gasteiger partial charge < -0.3 is 14.6 Å². The highest BCUT2D eigenvalue weighted by Gasteiger charge is 2.20. The van der Waals surface area contributed by atoms with E-state index in [4.69, 9.17) is 4.74 Å². The molecule has 1 atom stereocenters. The average molecular weight is 345 g/mol. The number of amides is 1. The van der Waals surface area contributed by atoms with Crippen LogP contribution in [0.25, 0.3) is 0 Å². The van der Waals surface area contributed by atoms with Gasteiger partial charge in [-0.15, -0.1) is 0 Å². The Labute approximate surface area is 144 Å². The normalized spacial score (nSPS) is 11.6. The molecular formula is C17H19N3O5. The van der Waals surface area contributed by atoms with Crippen LogP contribution in [0.1, 0.15) is 34.6 Å². The largest absolute Gasteiger partial charge is 0.451 e. The number of nitrogens with one attached hydrogen (secondary N) is 1. The Bertz CT molecular complexity index is 812. The molecule has 1 heterocycles. The first kappa shape index (κ1) is 18.2. The molecule has 0 bridgehead atoms. The minimum atomic E-state index is -0.797. The van der Waals surface area contributed by atoms with E-state index in [0.29, 0.717) is 0 Å². The van der Waals surface area contributed by atoms with Gasteiger partial charge in [0, 0.05) is 13.1 Å². The molecule has 1 aromatic carbocycles. The number of esters is 1. The van der Waals surface area contributed by atoms with E-state index in [-0.39, 0.29) is 17.4 Å². The van der Waals surface area contributed by atoms with E-state index in [1.165, 1.54) is 17.8 Å². The summed E-state index contributed by atoms with van der Waals surface area (Å²) in [7, 11) is 1.49. The fraction of sp³-hybridized carbons (Fsp3) is 0.294. The van der Waals surface area contributed by atoms with Crippen LogP contribution in [-0.2, 0) is 16.6 Å². The van der Waals surface area contributed by atoms with Crippen molar-refractivity contribution in [1.29, 1.82) is 0 Å². The maximum atomic E-state index is 12.0.